The second-order valence-electron chi connectivity index (χ2n) is 1.41. The van der Waals surface area contributed by atoms with Gasteiger partial charge in [0.15, 0.2) is 0 Å². The van der Waals surface area contributed by atoms with Gasteiger partial charge in [-0.3, -0.25) is 0 Å². The Morgan fingerprint density at radius 2 is 1.18 bits per heavy atom. The SMILES string of the molecule is [B]c1ccccc1.[K+].[K+].[OH-].[OH-]. The molecule has 0 saturated heterocycles. The van der Waals surface area contributed by atoms with E-state index in [4.69, 9.17) is 7.85 Å². The normalized spacial score (nSPS) is 5.45. The summed E-state index contributed by atoms with van der Waals surface area (Å²) in [6, 6.07) is 9.49. The number of hydrogen-bond acceptors (Lipinski definition) is 2. The first-order valence-electron chi connectivity index (χ1n) is 2.20. The molecule has 11 heavy (non-hydrogen) atoms. The summed E-state index contributed by atoms with van der Waals surface area (Å²) in [4.78, 5) is 0. The van der Waals surface area contributed by atoms with Crippen LogP contribution in [0.1, 0.15) is 0 Å². The summed E-state index contributed by atoms with van der Waals surface area (Å²) in [6.45, 7) is 0. The molecule has 0 heterocycles. The second kappa shape index (κ2) is 15.0. The Morgan fingerprint density at radius 3 is 1.36 bits per heavy atom. The van der Waals surface area contributed by atoms with E-state index in [9.17, 15) is 0 Å². The molecule has 0 saturated carbocycles. The Kier molecular flexibility index (Phi) is 31.8. The van der Waals surface area contributed by atoms with Crippen molar-refractivity contribution in [2.24, 2.45) is 0 Å². The molecule has 0 aromatic heterocycles. The molecule has 1 aromatic carbocycles. The third-order valence-corrected chi connectivity index (χ3v) is 0.800. The van der Waals surface area contributed by atoms with Crippen molar-refractivity contribution in [3.63, 3.8) is 0 Å². The Hall–Kier alpha value is 2.48. The Morgan fingerprint density at radius 1 is 0.818 bits per heavy atom. The first kappa shape index (κ1) is 23.4. The van der Waals surface area contributed by atoms with E-state index < -0.39 is 0 Å². The standard InChI is InChI=1S/C6H5B.2K.2H2O/c7-6-4-2-1-3-5-6;;;;/h1-5H;;;2*1H2/q;2*+1;;/p-2. The molecular weight excluding hydrogens is 193 g/mol. The molecule has 0 amide bonds. The van der Waals surface area contributed by atoms with Gasteiger partial charge in [-0.15, -0.1) is 0 Å². The van der Waals surface area contributed by atoms with Crippen LogP contribution in [-0.2, 0) is 0 Å². The first-order valence-corrected chi connectivity index (χ1v) is 2.20. The largest absolute Gasteiger partial charge is 1.00 e. The molecule has 0 unspecified atom stereocenters. The van der Waals surface area contributed by atoms with Gasteiger partial charge in [0.05, 0.1) is 0 Å². The van der Waals surface area contributed by atoms with Gasteiger partial charge in [-0.05, 0) is 0 Å². The molecule has 5 heteroatoms. The molecule has 2 radical (unpaired) electrons. The summed E-state index contributed by atoms with van der Waals surface area (Å²) in [6.07, 6.45) is 0. The summed E-state index contributed by atoms with van der Waals surface area (Å²) in [7, 11) is 5.36. The van der Waals surface area contributed by atoms with Crippen LogP contribution in [0.15, 0.2) is 30.3 Å². The molecule has 0 aliphatic carbocycles. The molecule has 0 spiro atoms. The minimum Gasteiger partial charge on any atom is -0.870 e. The summed E-state index contributed by atoms with van der Waals surface area (Å²) < 4.78 is 0. The topological polar surface area (TPSA) is 60.0 Å². The zero-order valence-corrected chi connectivity index (χ0v) is 13.1. The van der Waals surface area contributed by atoms with E-state index >= 15 is 0 Å². The monoisotopic (exact) mass is 200 g/mol. The van der Waals surface area contributed by atoms with Crippen LogP contribution in [-0.4, -0.2) is 18.8 Å². The van der Waals surface area contributed by atoms with Gasteiger partial charge in [0.25, 0.3) is 0 Å². The van der Waals surface area contributed by atoms with Crippen molar-refractivity contribution in [2.45, 2.75) is 0 Å². The molecule has 0 bridgehead atoms. The van der Waals surface area contributed by atoms with Crippen LogP contribution in [0, 0.1) is 0 Å². The molecule has 1 rings (SSSR count). The maximum Gasteiger partial charge on any atom is 1.00 e. The Bertz CT molecular complexity index is 149. The minimum absolute atomic E-state index is 0. The molecule has 0 aliphatic rings. The van der Waals surface area contributed by atoms with Crippen LogP contribution in [0.5, 0.6) is 0 Å². The molecule has 2 nitrogen and oxygen atoms in total. The molecule has 0 aliphatic heterocycles. The predicted molar refractivity (Wildman–Crippen MR) is 35.7 cm³/mol. The molecule has 2 N–H and O–H groups in total. The van der Waals surface area contributed by atoms with E-state index in [0.717, 1.165) is 5.46 Å². The van der Waals surface area contributed by atoms with E-state index in [2.05, 4.69) is 0 Å². The summed E-state index contributed by atoms with van der Waals surface area (Å²) in [5, 5.41) is 0. The maximum absolute atomic E-state index is 5.36. The maximum atomic E-state index is 5.36. The van der Waals surface area contributed by atoms with E-state index in [1.54, 1.807) is 0 Å². The predicted octanol–water partition coefficient (Wildman–Crippen LogP) is -5.87. The van der Waals surface area contributed by atoms with Gasteiger partial charge in [0.2, 0.25) is 0 Å². The van der Waals surface area contributed by atoms with Crippen molar-refractivity contribution in [1.82, 2.24) is 0 Å². The zero-order chi connectivity index (χ0) is 5.11. The molecule has 0 fully saturated rings. The van der Waals surface area contributed by atoms with Crippen LogP contribution in [0.25, 0.3) is 0 Å². The van der Waals surface area contributed by atoms with Crippen molar-refractivity contribution in [2.75, 3.05) is 0 Å². The van der Waals surface area contributed by atoms with Gasteiger partial charge < -0.3 is 11.0 Å². The minimum atomic E-state index is 0. The molecule has 0 atom stereocenters. The summed E-state index contributed by atoms with van der Waals surface area (Å²) in [5.74, 6) is 0. The molecular formula is C6H7BK2O2. The van der Waals surface area contributed by atoms with Crippen LogP contribution in [0.4, 0.5) is 0 Å². The van der Waals surface area contributed by atoms with Gasteiger partial charge in [0, 0.05) is 0 Å². The fourth-order valence-electron chi connectivity index (χ4n) is 0.453. The first-order chi connectivity index (χ1) is 3.39. The van der Waals surface area contributed by atoms with Crippen LogP contribution in [0.3, 0.4) is 0 Å². The third kappa shape index (κ3) is 12.5. The summed E-state index contributed by atoms with van der Waals surface area (Å²) >= 11 is 0. The number of rotatable bonds is 0. The number of hydrogen-bond donors (Lipinski definition) is 0. The van der Waals surface area contributed by atoms with Gasteiger partial charge in [-0.1, -0.05) is 35.8 Å². The zero-order valence-electron chi connectivity index (χ0n) is 6.86. The number of benzene rings is 1. The Labute approximate surface area is 153 Å². The van der Waals surface area contributed by atoms with E-state index in [0.29, 0.717) is 0 Å². The van der Waals surface area contributed by atoms with Crippen LogP contribution in [0.2, 0.25) is 0 Å². The average Bonchev–Trinajstić information content (AvgIpc) is 1.69. The summed E-state index contributed by atoms with van der Waals surface area (Å²) in [5.41, 5.74) is 0.822. The van der Waals surface area contributed by atoms with Crippen molar-refractivity contribution >= 4 is 13.3 Å². The fraction of sp³-hybridized carbons (Fsp3) is 0. The fourth-order valence-corrected chi connectivity index (χ4v) is 0.453. The van der Waals surface area contributed by atoms with Gasteiger partial charge in [-0.2, -0.15) is 0 Å². The van der Waals surface area contributed by atoms with Gasteiger partial charge in [0.1, 0.15) is 7.85 Å². The second-order valence-corrected chi connectivity index (χ2v) is 1.41. The van der Waals surface area contributed by atoms with Crippen LogP contribution < -0.4 is 108 Å². The quantitative estimate of drug-likeness (QED) is 0.392. The van der Waals surface area contributed by atoms with Crippen LogP contribution >= 0.6 is 0 Å². The van der Waals surface area contributed by atoms with Crippen molar-refractivity contribution in [3.05, 3.63) is 30.3 Å². The molecule has 1 aromatic rings. The van der Waals surface area contributed by atoms with Gasteiger partial charge >= 0.3 is 103 Å². The third-order valence-electron chi connectivity index (χ3n) is 0.800. The Balaban J connectivity index is -0.0000000612. The smallest absolute Gasteiger partial charge is 0.870 e. The average molecular weight is 200 g/mol. The van der Waals surface area contributed by atoms with E-state index in [1.807, 2.05) is 30.3 Å². The van der Waals surface area contributed by atoms with Crippen molar-refractivity contribution < 1.29 is 114 Å². The van der Waals surface area contributed by atoms with E-state index in [1.165, 1.54) is 0 Å². The van der Waals surface area contributed by atoms with E-state index in [-0.39, 0.29) is 114 Å². The van der Waals surface area contributed by atoms with Crippen molar-refractivity contribution in [1.29, 1.82) is 0 Å². The van der Waals surface area contributed by atoms with Gasteiger partial charge in [-0.25, -0.2) is 0 Å². The van der Waals surface area contributed by atoms with Crippen molar-refractivity contribution in [3.8, 4) is 0 Å². The molecule has 48 valence electrons.